The Morgan fingerprint density at radius 1 is 1.27 bits per heavy atom. The molecule has 3 rings (SSSR count). The molecule has 0 aliphatic heterocycles. The first kappa shape index (κ1) is 22.2. The quantitative estimate of drug-likeness (QED) is 0.419. The maximum absolute atomic E-state index is 12.9. The van der Waals surface area contributed by atoms with Crippen LogP contribution in [-0.2, 0) is 20.8 Å². The maximum Gasteiger partial charge on any atom is 0.348 e. The normalized spacial score (nSPS) is 10.9. The highest BCUT2D eigenvalue weighted by atomic mass is 35.5. The Morgan fingerprint density at radius 3 is 2.77 bits per heavy atom. The van der Waals surface area contributed by atoms with Crippen LogP contribution in [0.15, 0.2) is 29.3 Å². The highest BCUT2D eigenvalue weighted by molar-refractivity contribution is 7.20. The van der Waals surface area contributed by atoms with Crippen molar-refractivity contribution in [2.45, 2.75) is 13.5 Å². The second-order valence-corrected chi connectivity index (χ2v) is 8.06. The van der Waals surface area contributed by atoms with Crippen LogP contribution in [0.2, 0.25) is 10.0 Å². The molecule has 11 heteroatoms. The first-order valence-corrected chi connectivity index (χ1v) is 10.3. The summed E-state index contributed by atoms with van der Waals surface area (Å²) in [4.78, 5) is 42.4. The zero-order valence-electron chi connectivity index (χ0n) is 16.0. The van der Waals surface area contributed by atoms with E-state index in [2.05, 4.69) is 10.3 Å². The van der Waals surface area contributed by atoms with Crippen LogP contribution >= 0.6 is 34.5 Å². The Kier molecular flexibility index (Phi) is 7.09. The number of nitrogens with zero attached hydrogens (tertiary/aromatic N) is 2. The Morgan fingerprint density at radius 2 is 2.03 bits per heavy atom. The van der Waals surface area contributed by atoms with Gasteiger partial charge in [0.2, 0.25) is 5.91 Å². The Labute approximate surface area is 185 Å². The predicted octanol–water partition coefficient (Wildman–Crippen LogP) is 3.52. The molecule has 0 atom stereocenters. The van der Waals surface area contributed by atoms with Gasteiger partial charge in [0.05, 0.1) is 29.0 Å². The summed E-state index contributed by atoms with van der Waals surface area (Å²) < 4.78 is 11.1. The minimum Gasteiger partial charge on any atom is -0.459 e. The molecule has 1 aromatic carbocycles. The van der Waals surface area contributed by atoms with Crippen LogP contribution in [-0.4, -0.2) is 41.8 Å². The molecule has 0 aliphatic carbocycles. The molecule has 0 radical (unpaired) electrons. The minimum absolute atomic E-state index is 0.104. The van der Waals surface area contributed by atoms with E-state index < -0.39 is 17.4 Å². The zero-order chi connectivity index (χ0) is 21.8. The van der Waals surface area contributed by atoms with Crippen LogP contribution in [0.25, 0.3) is 10.2 Å². The lowest BCUT2D eigenvalue weighted by molar-refractivity contribution is -0.116. The number of carbonyl (C=O) groups is 2. The molecule has 2 heterocycles. The monoisotopic (exact) mass is 469 g/mol. The molecule has 0 bridgehead atoms. The molecule has 0 aliphatic rings. The average Bonchev–Trinajstić information content (AvgIpc) is 3.04. The zero-order valence-corrected chi connectivity index (χ0v) is 18.4. The summed E-state index contributed by atoms with van der Waals surface area (Å²) in [5.41, 5.74) is 0.364. The van der Waals surface area contributed by atoms with E-state index in [1.54, 1.807) is 19.1 Å². The number of halogens is 2. The van der Waals surface area contributed by atoms with Crippen LogP contribution in [0.1, 0.15) is 15.2 Å². The number of ether oxygens (including phenoxy) is 2. The van der Waals surface area contributed by atoms with E-state index in [1.807, 2.05) is 0 Å². The lowest BCUT2D eigenvalue weighted by atomic mass is 10.2. The fourth-order valence-electron chi connectivity index (χ4n) is 2.69. The van der Waals surface area contributed by atoms with Crippen LogP contribution in [0, 0.1) is 6.92 Å². The summed E-state index contributed by atoms with van der Waals surface area (Å²) in [5, 5.41) is 3.62. The SMILES string of the molecule is COCCOC(=O)c1sc2ncn(CC(=O)Nc3cc(Cl)ccc3Cl)c(=O)c2c1C. The third kappa shape index (κ3) is 4.81. The van der Waals surface area contributed by atoms with Crippen molar-refractivity contribution < 1.29 is 19.1 Å². The molecule has 30 heavy (non-hydrogen) atoms. The van der Waals surface area contributed by atoms with Crippen molar-refractivity contribution in [2.75, 3.05) is 25.6 Å². The number of thiophene rings is 1. The van der Waals surface area contributed by atoms with Gasteiger partial charge in [-0.2, -0.15) is 0 Å². The van der Waals surface area contributed by atoms with Gasteiger partial charge in [-0.3, -0.25) is 14.2 Å². The molecule has 0 fully saturated rings. The van der Waals surface area contributed by atoms with Crippen molar-refractivity contribution in [3.05, 3.63) is 55.4 Å². The van der Waals surface area contributed by atoms with Gasteiger partial charge < -0.3 is 14.8 Å². The standard InChI is InChI=1S/C19H17Cl2N3O5S/c1-10-15-17(30-16(10)19(27)29-6-5-28-2)22-9-24(18(15)26)8-14(25)23-13-7-11(20)3-4-12(13)21/h3-4,7,9H,5-6,8H2,1-2H3,(H,23,25). The van der Waals surface area contributed by atoms with E-state index in [0.717, 1.165) is 15.9 Å². The Balaban J connectivity index is 1.83. The molecule has 0 saturated carbocycles. The number of nitrogens with one attached hydrogen (secondary N) is 1. The van der Waals surface area contributed by atoms with Crippen LogP contribution in [0.5, 0.6) is 0 Å². The molecule has 0 spiro atoms. The van der Waals surface area contributed by atoms with E-state index in [1.165, 1.54) is 19.5 Å². The predicted molar refractivity (Wildman–Crippen MR) is 116 cm³/mol. The molecule has 1 N–H and O–H groups in total. The van der Waals surface area contributed by atoms with Crippen molar-refractivity contribution in [1.82, 2.24) is 9.55 Å². The van der Waals surface area contributed by atoms with Crippen LogP contribution < -0.4 is 10.9 Å². The number of hydrogen-bond acceptors (Lipinski definition) is 7. The summed E-state index contributed by atoms with van der Waals surface area (Å²) >= 11 is 13.0. The number of aryl methyl sites for hydroxylation is 1. The van der Waals surface area contributed by atoms with Gasteiger partial charge in [-0.05, 0) is 30.7 Å². The van der Waals surface area contributed by atoms with Crippen molar-refractivity contribution in [3.8, 4) is 0 Å². The second kappa shape index (κ2) is 9.57. The summed E-state index contributed by atoms with van der Waals surface area (Å²) in [6.45, 7) is 1.73. The van der Waals surface area contributed by atoms with Crippen LogP contribution in [0.4, 0.5) is 5.69 Å². The van der Waals surface area contributed by atoms with Gasteiger partial charge in [0.25, 0.3) is 5.56 Å². The van der Waals surface area contributed by atoms with Gasteiger partial charge in [0.1, 0.15) is 22.9 Å². The number of benzene rings is 1. The van der Waals surface area contributed by atoms with Gasteiger partial charge in [0, 0.05) is 12.1 Å². The molecule has 0 unspecified atom stereocenters. The molecule has 2 aromatic heterocycles. The fraction of sp³-hybridized carbons (Fsp3) is 0.263. The molecule has 1 amide bonds. The number of amides is 1. The molecule has 0 saturated heterocycles. The number of rotatable bonds is 7. The number of carbonyl (C=O) groups excluding carboxylic acids is 2. The topological polar surface area (TPSA) is 99.5 Å². The van der Waals surface area contributed by atoms with E-state index in [9.17, 15) is 14.4 Å². The largest absolute Gasteiger partial charge is 0.459 e. The van der Waals surface area contributed by atoms with E-state index in [0.29, 0.717) is 31.0 Å². The third-order valence-corrected chi connectivity index (χ3v) is 5.88. The molecule has 8 nitrogen and oxygen atoms in total. The molecule has 3 aromatic rings. The van der Waals surface area contributed by atoms with E-state index in [4.69, 9.17) is 32.7 Å². The molecular weight excluding hydrogens is 453 g/mol. The van der Waals surface area contributed by atoms with Gasteiger partial charge in [-0.25, -0.2) is 9.78 Å². The van der Waals surface area contributed by atoms with Crippen molar-refractivity contribution in [3.63, 3.8) is 0 Å². The number of fused-ring (bicyclic) bond motifs is 1. The lowest BCUT2D eigenvalue weighted by Gasteiger charge is -2.09. The van der Waals surface area contributed by atoms with E-state index >= 15 is 0 Å². The fourth-order valence-corrected chi connectivity index (χ4v) is 4.06. The van der Waals surface area contributed by atoms with Crippen LogP contribution in [0.3, 0.4) is 0 Å². The number of esters is 1. The van der Waals surface area contributed by atoms with Gasteiger partial charge in [-0.1, -0.05) is 23.2 Å². The highest BCUT2D eigenvalue weighted by Gasteiger charge is 2.21. The highest BCUT2D eigenvalue weighted by Crippen LogP contribution is 2.28. The van der Waals surface area contributed by atoms with Crippen molar-refractivity contribution in [1.29, 1.82) is 0 Å². The van der Waals surface area contributed by atoms with Gasteiger partial charge in [-0.15, -0.1) is 11.3 Å². The minimum atomic E-state index is -0.549. The number of methoxy groups -OCH3 is 1. The van der Waals surface area contributed by atoms with E-state index in [-0.39, 0.29) is 25.1 Å². The molecular formula is C19H17Cl2N3O5S. The maximum atomic E-state index is 12.9. The number of hydrogen-bond donors (Lipinski definition) is 1. The summed E-state index contributed by atoms with van der Waals surface area (Å²) in [7, 11) is 1.50. The van der Waals surface area contributed by atoms with Gasteiger partial charge in [0.15, 0.2) is 0 Å². The van der Waals surface area contributed by atoms with Gasteiger partial charge >= 0.3 is 5.97 Å². The average molecular weight is 470 g/mol. The van der Waals surface area contributed by atoms with Crippen molar-refractivity contribution >= 4 is 62.3 Å². The lowest BCUT2D eigenvalue weighted by Crippen LogP contribution is -2.28. The first-order valence-electron chi connectivity index (χ1n) is 8.71. The Hall–Kier alpha value is -2.46. The number of anilines is 1. The Bertz CT molecular complexity index is 1170. The smallest absolute Gasteiger partial charge is 0.348 e. The molecule has 158 valence electrons. The second-order valence-electron chi connectivity index (χ2n) is 6.22. The summed E-state index contributed by atoms with van der Waals surface area (Å²) in [6.07, 6.45) is 1.26. The van der Waals surface area contributed by atoms with Crippen molar-refractivity contribution in [2.24, 2.45) is 0 Å². The summed E-state index contributed by atoms with van der Waals surface area (Å²) in [5.74, 6) is -1.03. The third-order valence-electron chi connectivity index (χ3n) is 4.14. The number of aromatic nitrogens is 2. The first-order chi connectivity index (χ1) is 14.3. The summed E-state index contributed by atoms with van der Waals surface area (Å²) in [6, 6.07) is 4.66.